The molecule has 7 nitrogen and oxygen atoms in total. The molecule has 182 valence electrons. The van der Waals surface area contributed by atoms with Gasteiger partial charge in [0.15, 0.2) is 0 Å². The van der Waals surface area contributed by atoms with E-state index in [0.29, 0.717) is 30.1 Å². The number of hydrogen-bond donors (Lipinski definition) is 2. The van der Waals surface area contributed by atoms with Gasteiger partial charge in [0.25, 0.3) is 5.91 Å². The highest BCUT2D eigenvalue weighted by Gasteiger charge is 2.35. The number of ether oxygens (including phenoxy) is 1. The number of amides is 2. The maximum absolute atomic E-state index is 13.4. The summed E-state index contributed by atoms with van der Waals surface area (Å²) in [5.74, 6) is -0.948. The molecule has 0 bridgehead atoms. The third-order valence-corrected chi connectivity index (χ3v) is 5.79. The second kappa shape index (κ2) is 9.75. The van der Waals surface area contributed by atoms with Crippen LogP contribution in [0.3, 0.4) is 0 Å². The minimum absolute atomic E-state index is 0.0640. The first-order valence-corrected chi connectivity index (χ1v) is 10.9. The minimum atomic E-state index is -4.59. The molecule has 1 unspecified atom stereocenters. The lowest BCUT2D eigenvalue weighted by atomic mass is 10.0. The average molecular weight is 484 g/mol. The Morgan fingerprint density at radius 3 is 2.26 bits per heavy atom. The highest BCUT2D eigenvalue weighted by atomic mass is 19.4. The fourth-order valence-corrected chi connectivity index (χ4v) is 4.11. The van der Waals surface area contributed by atoms with Gasteiger partial charge < -0.3 is 16.2 Å². The molecule has 2 amide bonds. The van der Waals surface area contributed by atoms with Crippen LogP contribution in [0, 0.1) is 0 Å². The van der Waals surface area contributed by atoms with Crippen LogP contribution < -0.4 is 16.2 Å². The van der Waals surface area contributed by atoms with Crippen molar-refractivity contribution in [1.82, 2.24) is 9.88 Å². The van der Waals surface area contributed by atoms with E-state index >= 15 is 0 Å². The van der Waals surface area contributed by atoms with Crippen molar-refractivity contribution in [3.8, 4) is 22.8 Å². The van der Waals surface area contributed by atoms with Crippen LogP contribution >= 0.6 is 0 Å². The van der Waals surface area contributed by atoms with Crippen LogP contribution in [0.4, 0.5) is 13.2 Å². The van der Waals surface area contributed by atoms with Crippen LogP contribution in [0.5, 0.6) is 11.5 Å². The van der Waals surface area contributed by atoms with Crippen molar-refractivity contribution in [3.05, 3.63) is 77.5 Å². The van der Waals surface area contributed by atoms with Crippen molar-refractivity contribution >= 4 is 11.8 Å². The summed E-state index contributed by atoms with van der Waals surface area (Å²) in [7, 11) is 0. The standard InChI is InChI=1S/C25H23F3N4O3/c26-25(27,28)16-8-11-21(18(14-16)22(24(30)34)32-12-1-2-13-32)35-17-9-6-15(7-10-17)19-4-3-5-20(31-19)23(29)33/h3-11,14,22H,1-2,12-13H2,(H2,29,33)(H2,30,34). The van der Waals surface area contributed by atoms with Crippen LogP contribution in [-0.2, 0) is 11.0 Å². The number of benzene rings is 2. The van der Waals surface area contributed by atoms with Crippen molar-refractivity contribution in [1.29, 1.82) is 0 Å². The molecule has 1 fully saturated rings. The molecule has 1 atom stereocenters. The second-order valence-electron chi connectivity index (χ2n) is 8.20. The Morgan fingerprint density at radius 1 is 0.971 bits per heavy atom. The van der Waals surface area contributed by atoms with E-state index in [9.17, 15) is 22.8 Å². The van der Waals surface area contributed by atoms with Gasteiger partial charge >= 0.3 is 6.18 Å². The lowest BCUT2D eigenvalue weighted by Gasteiger charge is -2.27. The number of carbonyl (C=O) groups excluding carboxylic acids is 2. The van der Waals surface area contributed by atoms with E-state index in [1.165, 1.54) is 12.1 Å². The number of nitrogens with zero attached hydrogens (tertiary/aromatic N) is 2. The molecular weight excluding hydrogens is 461 g/mol. The van der Waals surface area contributed by atoms with Gasteiger partial charge in [-0.05, 0) is 80.5 Å². The Hall–Kier alpha value is -3.92. The molecule has 4 rings (SSSR count). The zero-order valence-corrected chi connectivity index (χ0v) is 18.6. The topological polar surface area (TPSA) is 112 Å². The number of nitrogens with two attached hydrogens (primary N) is 2. The zero-order valence-electron chi connectivity index (χ0n) is 18.6. The Bertz CT molecular complexity index is 1240. The Kier molecular flexibility index (Phi) is 6.74. The predicted octanol–water partition coefficient (Wildman–Crippen LogP) is 4.28. The first kappa shape index (κ1) is 24.2. The maximum atomic E-state index is 13.4. The molecule has 3 aromatic rings. The van der Waals surface area contributed by atoms with E-state index < -0.39 is 29.6 Å². The van der Waals surface area contributed by atoms with Gasteiger partial charge in [-0.15, -0.1) is 0 Å². The summed E-state index contributed by atoms with van der Waals surface area (Å²) in [6, 6.07) is 13.5. The van der Waals surface area contributed by atoms with Gasteiger partial charge in [0.2, 0.25) is 5.91 Å². The molecule has 1 aliphatic rings. The zero-order chi connectivity index (χ0) is 25.2. The van der Waals surface area contributed by atoms with Crippen LogP contribution in [0.2, 0.25) is 0 Å². The summed E-state index contributed by atoms with van der Waals surface area (Å²) in [4.78, 5) is 29.7. The highest BCUT2D eigenvalue weighted by Crippen LogP contribution is 2.39. The number of pyridine rings is 1. The Balaban J connectivity index is 1.67. The molecule has 0 saturated carbocycles. The molecule has 0 spiro atoms. The highest BCUT2D eigenvalue weighted by molar-refractivity contribution is 5.91. The summed E-state index contributed by atoms with van der Waals surface area (Å²) < 4.78 is 46.3. The average Bonchev–Trinajstić information content (AvgIpc) is 3.34. The van der Waals surface area contributed by atoms with Crippen molar-refractivity contribution in [2.45, 2.75) is 25.1 Å². The summed E-state index contributed by atoms with van der Waals surface area (Å²) in [5.41, 5.74) is 11.4. The van der Waals surface area contributed by atoms with Gasteiger partial charge in [0.1, 0.15) is 23.2 Å². The van der Waals surface area contributed by atoms with E-state index in [1.54, 1.807) is 41.3 Å². The number of aromatic nitrogens is 1. The monoisotopic (exact) mass is 484 g/mol. The van der Waals surface area contributed by atoms with Crippen molar-refractivity contribution in [2.75, 3.05) is 13.1 Å². The number of primary amides is 2. The first-order chi connectivity index (χ1) is 16.6. The predicted molar refractivity (Wildman–Crippen MR) is 122 cm³/mol. The van der Waals surface area contributed by atoms with Crippen LogP contribution in [0.25, 0.3) is 11.3 Å². The lowest BCUT2D eigenvalue weighted by molar-refractivity contribution is -0.137. The summed E-state index contributed by atoms with van der Waals surface area (Å²) in [6.07, 6.45) is -2.94. The minimum Gasteiger partial charge on any atom is -0.457 e. The summed E-state index contributed by atoms with van der Waals surface area (Å²) in [6.45, 7) is 1.10. The number of alkyl halides is 3. The molecule has 4 N–H and O–H groups in total. The van der Waals surface area contributed by atoms with Gasteiger partial charge in [-0.1, -0.05) is 6.07 Å². The van der Waals surface area contributed by atoms with Crippen molar-refractivity contribution in [2.24, 2.45) is 11.5 Å². The van der Waals surface area contributed by atoms with Crippen molar-refractivity contribution in [3.63, 3.8) is 0 Å². The molecule has 0 aliphatic carbocycles. The van der Waals surface area contributed by atoms with Gasteiger partial charge in [-0.2, -0.15) is 13.2 Å². The van der Waals surface area contributed by atoms with E-state index in [-0.39, 0.29) is 17.0 Å². The largest absolute Gasteiger partial charge is 0.457 e. The fraction of sp³-hybridized carbons (Fsp3) is 0.240. The molecular formula is C25H23F3N4O3. The van der Waals surface area contributed by atoms with Crippen LogP contribution in [0.1, 0.15) is 40.5 Å². The van der Waals surface area contributed by atoms with E-state index in [1.807, 2.05) is 0 Å². The molecule has 1 saturated heterocycles. The number of likely N-dealkylation sites (tertiary alicyclic amines) is 1. The number of rotatable bonds is 7. The number of carbonyl (C=O) groups is 2. The molecule has 10 heteroatoms. The smallest absolute Gasteiger partial charge is 0.416 e. The van der Waals surface area contributed by atoms with Crippen molar-refractivity contribution < 1.29 is 27.5 Å². The molecule has 2 heterocycles. The second-order valence-corrected chi connectivity index (χ2v) is 8.20. The van der Waals surface area contributed by atoms with E-state index in [0.717, 1.165) is 25.0 Å². The van der Waals surface area contributed by atoms with Gasteiger partial charge in [0, 0.05) is 11.1 Å². The lowest BCUT2D eigenvalue weighted by Crippen LogP contribution is -2.36. The first-order valence-electron chi connectivity index (χ1n) is 10.9. The summed E-state index contributed by atoms with van der Waals surface area (Å²) in [5, 5.41) is 0. The molecule has 2 aromatic carbocycles. The molecule has 1 aliphatic heterocycles. The Morgan fingerprint density at radius 2 is 1.66 bits per heavy atom. The maximum Gasteiger partial charge on any atom is 0.416 e. The van der Waals surface area contributed by atoms with E-state index in [2.05, 4.69) is 4.98 Å². The van der Waals surface area contributed by atoms with Gasteiger partial charge in [0.05, 0.1) is 11.3 Å². The van der Waals surface area contributed by atoms with Gasteiger partial charge in [-0.3, -0.25) is 14.5 Å². The molecule has 1 aromatic heterocycles. The van der Waals surface area contributed by atoms with E-state index in [4.69, 9.17) is 16.2 Å². The number of hydrogen-bond acceptors (Lipinski definition) is 5. The third-order valence-electron chi connectivity index (χ3n) is 5.79. The number of halogens is 3. The summed E-state index contributed by atoms with van der Waals surface area (Å²) >= 11 is 0. The Labute approximate surface area is 199 Å². The molecule has 35 heavy (non-hydrogen) atoms. The van der Waals surface area contributed by atoms with Gasteiger partial charge in [-0.25, -0.2) is 4.98 Å². The van der Waals surface area contributed by atoms with Crippen LogP contribution in [0.15, 0.2) is 60.7 Å². The third kappa shape index (κ3) is 5.43. The normalized spacial score (nSPS) is 15.1. The fourth-order valence-electron chi connectivity index (χ4n) is 4.11. The SMILES string of the molecule is NC(=O)c1cccc(-c2ccc(Oc3ccc(C(F)(F)F)cc3C(C(N)=O)N3CCCC3)cc2)n1. The quantitative estimate of drug-likeness (QED) is 0.520. The molecule has 0 radical (unpaired) electrons. The van der Waals surface area contributed by atoms with Crippen LogP contribution in [-0.4, -0.2) is 34.8 Å².